The molecule has 188 valence electrons. The number of rotatable bonds is 16. The van der Waals surface area contributed by atoms with Crippen molar-refractivity contribution in [2.24, 2.45) is 17.8 Å². The predicted molar refractivity (Wildman–Crippen MR) is 154 cm³/mol. The molecule has 0 amide bonds. The second-order valence-electron chi connectivity index (χ2n) is 9.25. The van der Waals surface area contributed by atoms with E-state index in [2.05, 4.69) is 119 Å². The molecule has 34 heavy (non-hydrogen) atoms. The molecule has 0 aromatic carbocycles. The van der Waals surface area contributed by atoms with Crippen molar-refractivity contribution in [2.45, 2.75) is 67.3 Å². The van der Waals surface area contributed by atoms with Gasteiger partial charge < -0.3 is 10.2 Å². The van der Waals surface area contributed by atoms with Crippen LogP contribution in [0.5, 0.6) is 0 Å². The molecule has 0 heterocycles. The molecule has 0 spiro atoms. The lowest BCUT2D eigenvalue weighted by Gasteiger charge is -2.27. The van der Waals surface area contributed by atoms with E-state index in [9.17, 15) is 0 Å². The number of nitrogens with zero attached hydrogens (tertiary/aromatic N) is 1. The first-order valence-electron chi connectivity index (χ1n) is 13.2. The number of hydrogen-bond donors (Lipinski definition) is 1. The maximum absolute atomic E-state index is 4.00. The number of hydrogen-bond acceptors (Lipinski definition) is 2. The van der Waals surface area contributed by atoms with Crippen LogP contribution in [0.25, 0.3) is 0 Å². The molecule has 2 heteroatoms. The first-order valence-corrected chi connectivity index (χ1v) is 13.2. The Kier molecular flexibility index (Phi) is 15.0. The molecule has 1 aliphatic rings. The average molecular weight is 463 g/mol. The fourth-order valence-corrected chi connectivity index (χ4v) is 4.22. The van der Waals surface area contributed by atoms with Crippen LogP contribution in [0.3, 0.4) is 0 Å². The van der Waals surface area contributed by atoms with Crippen LogP contribution in [0.1, 0.15) is 61.3 Å². The van der Waals surface area contributed by atoms with Crippen LogP contribution in [0, 0.1) is 17.8 Å². The smallest absolute Gasteiger partial charge is 0.0482 e. The van der Waals surface area contributed by atoms with Crippen LogP contribution in [-0.2, 0) is 0 Å². The zero-order valence-corrected chi connectivity index (χ0v) is 22.9. The zero-order valence-electron chi connectivity index (χ0n) is 22.9. The number of nitrogens with one attached hydrogen (secondary N) is 1. The molecule has 0 aromatic heterocycles. The average Bonchev–Trinajstić information content (AvgIpc) is 3.29. The molecule has 0 saturated heterocycles. The summed E-state index contributed by atoms with van der Waals surface area (Å²) in [5.41, 5.74) is 3.89. The quantitative estimate of drug-likeness (QED) is 0.184. The van der Waals surface area contributed by atoms with E-state index in [1.54, 1.807) is 0 Å². The van der Waals surface area contributed by atoms with Crippen LogP contribution in [0.15, 0.2) is 96.3 Å². The summed E-state index contributed by atoms with van der Waals surface area (Å²) in [5, 5.41) is 3.75. The van der Waals surface area contributed by atoms with Gasteiger partial charge in [-0.15, -0.1) is 0 Å². The van der Waals surface area contributed by atoms with Crippen molar-refractivity contribution in [3.63, 3.8) is 0 Å². The molecule has 1 aliphatic carbocycles. The van der Waals surface area contributed by atoms with E-state index in [1.165, 1.54) is 23.3 Å². The molecule has 0 aromatic rings. The molecule has 0 fully saturated rings. The van der Waals surface area contributed by atoms with Gasteiger partial charge in [0.05, 0.1) is 0 Å². The number of likely N-dealkylation sites (N-methyl/N-ethyl adjacent to an activating group) is 1. The molecule has 1 rings (SSSR count). The van der Waals surface area contributed by atoms with Crippen LogP contribution < -0.4 is 5.32 Å². The molecule has 0 radical (unpaired) electrons. The lowest BCUT2D eigenvalue weighted by Crippen LogP contribution is -2.31. The first-order chi connectivity index (χ1) is 16.4. The number of allylic oxidation sites excluding steroid dienone is 11. The van der Waals surface area contributed by atoms with E-state index >= 15 is 0 Å². The van der Waals surface area contributed by atoms with Gasteiger partial charge in [-0.05, 0) is 71.2 Å². The van der Waals surface area contributed by atoms with Gasteiger partial charge in [0, 0.05) is 30.1 Å². The van der Waals surface area contributed by atoms with Crippen LogP contribution >= 0.6 is 0 Å². The minimum absolute atomic E-state index is 0.208. The molecular weight excluding hydrogens is 412 g/mol. The van der Waals surface area contributed by atoms with E-state index in [-0.39, 0.29) is 6.04 Å². The van der Waals surface area contributed by atoms with Gasteiger partial charge in [0.25, 0.3) is 0 Å². The minimum Gasteiger partial charge on any atom is -0.381 e. The van der Waals surface area contributed by atoms with Crippen LogP contribution in [-0.4, -0.2) is 30.6 Å². The highest BCUT2D eigenvalue weighted by Gasteiger charge is 2.25. The molecule has 4 atom stereocenters. The summed E-state index contributed by atoms with van der Waals surface area (Å²) in [5.74, 6) is 1.26. The summed E-state index contributed by atoms with van der Waals surface area (Å²) < 4.78 is 0. The Morgan fingerprint density at radius 2 is 1.88 bits per heavy atom. The highest BCUT2D eigenvalue weighted by atomic mass is 15.1. The van der Waals surface area contributed by atoms with E-state index in [0.29, 0.717) is 17.8 Å². The molecule has 1 N–H and O–H groups in total. The topological polar surface area (TPSA) is 15.3 Å². The van der Waals surface area contributed by atoms with Gasteiger partial charge in [0.15, 0.2) is 0 Å². The van der Waals surface area contributed by atoms with Gasteiger partial charge in [-0.1, -0.05) is 99.8 Å². The van der Waals surface area contributed by atoms with E-state index < -0.39 is 0 Å². The summed E-state index contributed by atoms with van der Waals surface area (Å²) in [6.45, 7) is 22.7. The van der Waals surface area contributed by atoms with Crippen molar-refractivity contribution in [2.75, 3.05) is 19.6 Å². The van der Waals surface area contributed by atoms with E-state index in [4.69, 9.17) is 0 Å². The third-order valence-electron chi connectivity index (χ3n) is 6.78. The lowest BCUT2D eigenvalue weighted by molar-refractivity contribution is 0.337. The SMILES string of the molecule is C=C/C(=C\C=C/C)C(C)NC1=CC=CC1C(/C=C\C(C)CC/C=C\CN(CC)CC)/C(C)=C/C. The third kappa shape index (κ3) is 10.3. The molecule has 0 bridgehead atoms. The Morgan fingerprint density at radius 3 is 2.50 bits per heavy atom. The zero-order chi connectivity index (χ0) is 25.3. The minimum atomic E-state index is 0.208. The molecule has 2 nitrogen and oxygen atoms in total. The van der Waals surface area contributed by atoms with Crippen molar-refractivity contribution in [1.82, 2.24) is 10.2 Å². The summed E-state index contributed by atoms with van der Waals surface area (Å²) in [4.78, 5) is 2.44. The Labute approximate surface area is 211 Å². The largest absolute Gasteiger partial charge is 0.381 e. The third-order valence-corrected chi connectivity index (χ3v) is 6.78. The van der Waals surface area contributed by atoms with Gasteiger partial charge in [-0.2, -0.15) is 0 Å². The lowest BCUT2D eigenvalue weighted by atomic mass is 9.83. The second kappa shape index (κ2) is 17.2. The Balaban J connectivity index is 2.80. The monoisotopic (exact) mass is 462 g/mol. The van der Waals surface area contributed by atoms with Gasteiger partial charge in [-0.25, -0.2) is 0 Å². The summed E-state index contributed by atoms with van der Waals surface area (Å²) in [6, 6.07) is 0.208. The van der Waals surface area contributed by atoms with Gasteiger partial charge in [-0.3, -0.25) is 0 Å². The Hall–Kier alpha value is -2.32. The van der Waals surface area contributed by atoms with Gasteiger partial charge in [0.1, 0.15) is 0 Å². The second-order valence-corrected chi connectivity index (χ2v) is 9.25. The summed E-state index contributed by atoms with van der Waals surface area (Å²) in [7, 11) is 0. The van der Waals surface area contributed by atoms with Crippen molar-refractivity contribution in [3.05, 3.63) is 96.3 Å². The van der Waals surface area contributed by atoms with Gasteiger partial charge >= 0.3 is 0 Å². The summed E-state index contributed by atoms with van der Waals surface area (Å²) in [6.07, 6.45) is 29.1. The summed E-state index contributed by atoms with van der Waals surface area (Å²) >= 11 is 0. The van der Waals surface area contributed by atoms with Crippen molar-refractivity contribution in [1.29, 1.82) is 0 Å². The van der Waals surface area contributed by atoms with Crippen molar-refractivity contribution >= 4 is 0 Å². The molecule has 0 saturated carbocycles. The van der Waals surface area contributed by atoms with Crippen LogP contribution in [0.2, 0.25) is 0 Å². The van der Waals surface area contributed by atoms with Gasteiger partial charge in [0.2, 0.25) is 0 Å². The molecule has 4 unspecified atom stereocenters. The first kappa shape index (κ1) is 29.7. The van der Waals surface area contributed by atoms with Crippen molar-refractivity contribution in [3.8, 4) is 0 Å². The van der Waals surface area contributed by atoms with Crippen LogP contribution in [0.4, 0.5) is 0 Å². The highest BCUT2D eigenvalue weighted by Crippen LogP contribution is 2.33. The normalized spacial score (nSPS) is 20.0. The fourth-order valence-electron chi connectivity index (χ4n) is 4.22. The van der Waals surface area contributed by atoms with E-state index in [0.717, 1.165) is 26.1 Å². The Morgan fingerprint density at radius 1 is 1.15 bits per heavy atom. The maximum atomic E-state index is 4.00. The highest BCUT2D eigenvalue weighted by molar-refractivity contribution is 5.35. The predicted octanol–water partition coefficient (Wildman–Crippen LogP) is 8.18. The fraction of sp³-hybridized carbons (Fsp3) is 0.500. The Bertz CT molecular complexity index is 799. The molecular formula is C32H50N2. The standard InChI is InChI=1S/C32H50N2/c1-9-14-20-29(11-3)28(8)33-32-22-18-21-31(32)30(27(7)10-2)24-23-26(6)19-16-15-17-25-34(12-4)13-5/h9-11,14-15,17-18,20-24,26,28,30-31,33H,3,12-13,16,19,25H2,1-2,4-8H3/b14-9-,17-15-,24-23-,27-10+,29-20+. The van der Waals surface area contributed by atoms with Crippen molar-refractivity contribution < 1.29 is 0 Å². The van der Waals surface area contributed by atoms with E-state index in [1.807, 2.05) is 19.1 Å². The molecule has 0 aliphatic heterocycles. The maximum Gasteiger partial charge on any atom is 0.0482 e.